The highest BCUT2D eigenvalue weighted by atomic mass is 32.2. The first-order valence-electron chi connectivity index (χ1n) is 10.4. The number of carboxylic acids is 1. The second-order valence-electron chi connectivity index (χ2n) is 7.63. The summed E-state index contributed by atoms with van der Waals surface area (Å²) in [6.45, 7) is 1.29. The lowest BCUT2D eigenvalue weighted by Crippen LogP contribution is -2.60. The number of aliphatic hydroxyl groups is 1. The van der Waals surface area contributed by atoms with Crippen LogP contribution in [0.15, 0.2) is 24.3 Å². The van der Waals surface area contributed by atoms with Crippen LogP contribution in [0, 0.1) is 0 Å². The van der Waals surface area contributed by atoms with Crippen LogP contribution < -0.4 is 21.7 Å². The number of nitrogens with one attached hydrogen (secondary N) is 3. The molecular formula is C21H32N4O7S2. The Hall–Kier alpha value is -2.48. The molecule has 0 aliphatic carbocycles. The molecule has 0 saturated carbocycles. The molecule has 5 unspecified atom stereocenters. The minimum Gasteiger partial charge on any atom is -0.508 e. The molecule has 3 amide bonds. The third-order valence-electron chi connectivity index (χ3n) is 4.83. The number of aliphatic hydroxyl groups excluding tert-OH is 1. The van der Waals surface area contributed by atoms with Crippen molar-refractivity contribution < 1.29 is 34.5 Å². The zero-order valence-corrected chi connectivity index (χ0v) is 20.6. The maximum atomic E-state index is 13.0. The van der Waals surface area contributed by atoms with Gasteiger partial charge in [0, 0.05) is 12.2 Å². The number of amides is 3. The maximum absolute atomic E-state index is 13.0. The second kappa shape index (κ2) is 14.7. The molecule has 8 N–H and O–H groups in total. The second-order valence-corrected chi connectivity index (χ2v) is 8.98. The number of hydrogen-bond donors (Lipinski definition) is 8. The molecule has 1 rings (SSSR count). The van der Waals surface area contributed by atoms with E-state index in [0.29, 0.717) is 11.3 Å². The predicted molar refractivity (Wildman–Crippen MR) is 132 cm³/mol. The molecule has 0 aromatic heterocycles. The molecule has 34 heavy (non-hydrogen) atoms. The Labute approximate surface area is 207 Å². The molecule has 0 aliphatic heterocycles. The van der Waals surface area contributed by atoms with E-state index in [1.165, 1.54) is 30.8 Å². The number of aliphatic carboxylic acids is 1. The molecule has 0 radical (unpaired) electrons. The van der Waals surface area contributed by atoms with Crippen molar-refractivity contribution in [2.45, 2.75) is 50.0 Å². The number of thioether (sulfide) groups is 1. The fourth-order valence-corrected chi connectivity index (χ4v) is 3.49. The van der Waals surface area contributed by atoms with Gasteiger partial charge in [0.25, 0.3) is 0 Å². The molecule has 0 heterocycles. The summed E-state index contributed by atoms with van der Waals surface area (Å²) in [6.07, 6.45) is 0.625. The van der Waals surface area contributed by atoms with Gasteiger partial charge in [-0.05, 0) is 43.0 Å². The predicted octanol–water partition coefficient (Wildman–Crippen LogP) is -1.14. The number of phenols is 1. The van der Waals surface area contributed by atoms with Crippen LogP contribution in [-0.4, -0.2) is 87.0 Å². The third-order valence-corrected chi connectivity index (χ3v) is 5.87. The van der Waals surface area contributed by atoms with Gasteiger partial charge in [-0.2, -0.15) is 24.4 Å². The molecule has 0 spiro atoms. The van der Waals surface area contributed by atoms with Crippen molar-refractivity contribution in [3.63, 3.8) is 0 Å². The van der Waals surface area contributed by atoms with Crippen molar-refractivity contribution in [2.75, 3.05) is 17.8 Å². The Kier molecular flexibility index (Phi) is 12.8. The maximum Gasteiger partial charge on any atom is 0.326 e. The Morgan fingerprint density at radius 2 is 1.62 bits per heavy atom. The van der Waals surface area contributed by atoms with Gasteiger partial charge in [-0.25, -0.2) is 4.79 Å². The Morgan fingerprint density at radius 3 is 2.12 bits per heavy atom. The van der Waals surface area contributed by atoms with Crippen molar-refractivity contribution in [3.05, 3.63) is 29.8 Å². The highest BCUT2D eigenvalue weighted by Crippen LogP contribution is 2.12. The lowest BCUT2D eigenvalue weighted by Gasteiger charge is -2.26. The number of thiol groups is 1. The fraction of sp³-hybridized carbons (Fsp3) is 0.524. The van der Waals surface area contributed by atoms with Gasteiger partial charge in [0.2, 0.25) is 17.7 Å². The van der Waals surface area contributed by atoms with Crippen LogP contribution in [0.5, 0.6) is 5.75 Å². The van der Waals surface area contributed by atoms with E-state index in [-0.39, 0.29) is 24.3 Å². The molecule has 190 valence electrons. The zero-order valence-electron chi connectivity index (χ0n) is 18.9. The summed E-state index contributed by atoms with van der Waals surface area (Å²) in [5.41, 5.74) is 6.18. The van der Waals surface area contributed by atoms with Crippen molar-refractivity contribution >= 4 is 48.1 Å². The van der Waals surface area contributed by atoms with E-state index in [9.17, 15) is 34.5 Å². The van der Waals surface area contributed by atoms with E-state index >= 15 is 0 Å². The van der Waals surface area contributed by atoms with Crippen LogP contribution in [0.2, 0.25) is 0 Å². The number of benzene rings is 1. The summed E-state index contributed by atoms with van der Waals surface area (Å²) in [4.78, 5) is 49.5. The van der Waals surface area contributed by atoms with Crippen molar-refractivity contribution in [3.8, 4) is 5.75 Å². The minimum absolute atomic E-state index is 0.00852. The number of carbonyl (C=O) groups is 4. The average Bonchev–Trinajstić information content (AvgIpc) is 2.79. The average molecular weight is 517 g/mol. The Morgan fingerprint density at radius 1 is 1.03 bits per heavy atom. The van der Waals surface area contributed by atoms with E-state index in [2.05, 4.69) is 28.6 Å². The van der Waals surface area contributed by atoms with Gasteiger partial charge in [0.15, 0.2) is 0 Å². The number of nitrogens with two attached hydrogens (primary N) is 1. The van der Waals surface area contributed by atoms with Gasteiger partial charge in [0.1, 0.15) is 23.9 Å². The van der Waals surface area contributed by atoms with Crippen molar-refractivity contribution in [2.24, 2.45) is 5.73 Å². The number of rotatable bonds is 14. The number of carboxylic acid groups (broad SMARTS) is 1. The summed E-state index contributed by atoms with van der Waals surface area (Å²) >= 11 is 5.35. The van der Waals surface area contributed by atoms with E-state index in [0.717, 1.165) is 0 Å². The van der Waals surface area contributed by atoms with Gasteiger partial charge in [0.05, 0.1) is 12.1 Å². The summed E-state index contributed by atoms with van der Waals surface area (Å²) in [6, 6.07) is 1.07. The van der Waals surface area contributed by atoms with Crippen LogP contribution in [0.3, 0.4) is 0 Å². The molecule has 5 atom stereocenters. The molecular weight excluding hydrogens is 484 g/mol. The highest BCUT2D eigenvalue weighted by Gasteiger charge is 2.32. The lowest BCUT2D eigenvalue weighted by atomic mass is 10.0. The van der Waals surface area contributed by atoms with Gasteiger partial charge >= 0.3 is 5.97 Å². The standard InChI is InChI=1S/C21H32N4O7S2/c1-11(26)17(25-18(28)14(22)10-33)20(30)24-16(9-12-3-5-13(27)6-4-12)19(29)23-15(21(31)32)7-8-34-2/h3-6,11,14-17,26-27,33H,7-10,22H2,1-2H3,(H,23,29)(H,24,30)(H,25,28)(H,31,32). The summed E-state index contributed by atoms with van der Waals surface area (Å²) in [7, 11) is 0. The van der Waals surface area contributed by atoms with E-state index in [1.54, 1.807) is 18.4 Å². The first-order valence-corrected chi connectivity index (χ1v) is 12.5. The molecule has 0 aliphatic rings. The van der Waals surface area contributed by atoms with Gasteiger partial charge in [-0.1, -0.05) is 12.1 Å². The molecule has 11 nitrogen and oxygen atoms in total. The number of aromatic hydroxyl groups is 1. The Balaban J connectivity index is 3.11. The van der Waals surface area contributed by atoms with Crippen molar-refractivity contribution in [1.29, 1.82) is 0 Å². The third kappa shape index (κ3) is 9.79. The van der Waals surface area contributed by atoms with Crippen LogP contribution in [0.25, 0.3) is 0 Å². The van der Waals surface area contributed by atoms with E-state index in [1.807, 2.05) is 0 Å². The SMILES string of the molecule is CSCCC(NC(=O)C(Cc1ccc(O)cc1)NC(=O)C(NC(=O)C(N)CS)C(C)O)C(=O)O. The van der Waals surface area contributed by atoms with Crippen LogP contribution in [-0.2, 0) is 25.6 Å². The topological polar surface area (TPSA) is 191 Å². The smallest absolute Gasteiger partial charge is 0.326 e. The number of phenolic OH excluding ortho intramolecular Hbond substituents is 1. The highest BCUT2D eigenvalue weighted by molar-refractivity contribution is 7.98. The van der Waals surface area contributed by atoms with Gasteiger partial charge in [-0.15, -0.1) is 0 Å². The van der Waals surface area contributed by atoms with Gasteiger partial charge in [-0.3, -0.25) is 14.4 Å². The zero-order chi connectivity index (χ0) is 25.8. The van der Waals surface area contributed by atoms with Crippen LogP contribution in [0.4, 0.5) is 0 Å². The first kappa shape index (κ1) is 29.6. The Bertz CT molecular complexity index is 839. The van der Waals surface area contributed by atoms with Gasteiger partial charge < -0.3 is 37.0 Å². The lowest BCUT2D eigenvalue weighted by molar-refractivity contribution is -0.142. The molecule has 13 heteroatoms. The monoisotopic (exact) mass is 516 g/mol. The minimum atomic E-state index is -1.42. The summed E-state index contributed by atoms with van der Waals surface area (Å²) in [5.74, 6) is -3.02. The molecule has 0 fully saturated rings. The fourth-order valence-electron chi connectivity index (χ4n) is 2.85. The van der Waals surface area contributed by atoms with Crippen LogP contribution >= 0.6 is 24.4 Å². The van der Waals surface area contributed by atoms with Crippen molar-refractivity contribution in [1.82, 2.24) is 16.0 Å². The first-order chi connectivity index (χ1) is 16.0. The molecule has 1 aromatic rings. The molecule has 1 aromatic carbocycles. The van der Waals surface area contributed by atoms with E-state index in [4.69, 9.17) is 5.73 Å². The molecule has 0 bridgehead atoms. The summed E-state index contributed by atoms with van der Waals surface area (Å²) in [5, 5.41) is 36.2. The molecule has 0 saturated heterocycles. The largest absolute Gasteiger partial charge is 0.508 e. The number of hydrogen-bond acceptors (Lipinski definition) is 9. The quantitative estimate of drug-likeness (QED) is 0.141. The normalized spacial score (nSPS) is 15.3. The summed E-state index contributed by atoms with van der Waals surface area (Å²) < 4.78 is 0. The van der Waals surface area contributed by atoms with Crippen LogP contribution in [0.1, 0.15) is 18.9 Å². The number of carbonyl (C=O) groups excluding carboxylic acids is 3. The van der Waals surface area contributed by atoms with E-state index < -0.39 is 54.0 Å².